The molecule has 1 amide bonds. The molecule has 1 aromatic carbocycles. The van der Waals surface area contributed by atoms with E-state index in [0.717, 1.165) is 17.5 Å². The van der Waals surface area contributed by atoms with E-state index in [4.69, 9.17) is 11.6 Å². The Kier molecular flexibility index (Phi) is 4.64. The monoisotopic (exact) mass is 330 g/mol. The minimum atomic E-state index is -0.458. The fourth-order valence-corrected chi connectivity index (χ4v) is 2.90. The van der Waals surface area contributed by atoms with Gasteiger partial charge in [0.2, 0.25) is 0 Å². The molecular formula is C18H19ClN2O2. The number of aliphatic hydroxyl groups is 1. The quantitative estimate of drug-likeness (QED) is 0.919. The third-order valence-electron chi connectivity index (χ3n) is 4.37. The largest absolute Gasteiger partial charge is 0.391 e. The van der Waals surface area contributed by atoms with Crippen molar-refractivity contribution < 1.29 is 9.90 Å². The van der Waals surface area contributed by atoms with Gasteiger partial charge in [0.25, 0.3) is 5.91 Å². The van der Waals surface area contributed by atoms with Gasteiger partial charge in [0.05, 0.1) is 11.7 Å². The maximum Gasteiger partial charge on any atom is 0.255 e. The molecule has 0 saturated carbocycles. The van der Waals surface area contributed by atoms with Gasteiger partial charge in [-0.15, -0.1) is 0 Å². The second kappa shape index (κ2) is 6.69. The molecule has 1 aliphatic heterocycles. The Bertz CT molecular complexity index is 702. The molecule has 5 heteroatoms. The fraction of sp³-hybridized carbons (Fsp3) is 0.333. The lowest BCUT2D eigenvalue weighted by Gasteiger charge is -2.34. The van der Waals surface area contributed by atoms with Gasteiger partial charge in [-0.3, -0.25) is 9.78 Å². The molecular weight excluding hydrogens is 312 g/mol. The van der Waals surface area contributed by atoms with E-state index in [1.165, 1.54) is 0 Å². The standard InChI is InChI=1S/C18H19ClN2O2/c1-12-6-7-21(11-17(12)22)18(23)15-8-14(9-20-10-15)13-2-4-16(19)5-3-13/h2-5,8-10,12,17,22H,6-7,11H2,1H3. The third kappa shape index (κ3) is 3.54. The number of hydrogen-bond acceptors (Lipinski definition) is 3. The van der Waals surface area contributed by atoms with Crippen molar-refractivity contribution in [3.05, 3.63) is 53.3 Å². The summed E-state index contributed by atoms with van der Waals surface area (Å²) < 4.78 is 0. The Morgan fingerprint density at radius 1 is 1.26 bits per heavy atom. The topological polar surface area (TPSA) is 53.4 Å². The molecule has 1 N–H and O–H groups in total. The summed E-state index contributed by atoms with van der Waals surface area (Å²) in [5.41, 5.74) is 2.38. The van der Waals surface area contributed by atoms with Gasteiger partial charge < -0.3 is 10.0 Å². The molecule has 1 aliphatic rings. The van der Waals surface area contributed by atoms with Gasteiger partial charge in [0, 0.05) is 36.1 Å². The molecule has 2 unspecified atom stereocenters. The Labute approximate surface area is 140 Å². The first kappa shape index (κ1) is 16.0. The van der Waals surface area contributed by atoms with Gasteiger partial charge in [-0.2, -0.15) is 0 Å². The lowest BCUT2D eigenvalue weighted by molar-refractivity contribution is 0.0248. The van der Waals surface area contributed by atoms with Crippen molar-refractivity contribution >= 4 is 17.5 Å². The summed E-state index contributed by atoms with van der Waals surface area (Å²) in [6.45, 7) is 3.06. The maximum atomic E-state index is 12.6. The Hall–Kier alpha value is -1.91. The lowest BCUT2D eigenvalue weighted by Crippen LogP contribution is -2.45. The van der Waals surface area contributed by atoms with Gasteiger partial charge in [-0.05, 0) is 36.1 Å². The zero-order valence-corrected chi connectivity index (χ0v) is 13.7. The van der Waals surface area contributed by atoms with Crippen LogP contribution in [-0.2, 0) is 0 Å². The average molecular weight is 331 g/mol. The summed E-state index contributed by atoms with van der Waals surface area (Å²) in [5, 5.41) is 10.7. The van der Waals surface area contributed by atoms with Crippen LogP contribution in [0.5, 0.6) is 0 Å². The highest BCUT2D eigenvalue weighted by molar-refractivity contribution is 6.30. The number of rotatable bonds is 2. The van der Waals surface area contributed by atoms with E-state index >= 15 is 0 Å². The Morgan fingerprint density at radius 2 is 2.00 bits per heavy atom. The highest BCUT2D eigenvalue weighted by Gasteiger charge is 2.28. The minimum absolute atomic E-state index is 0.0840. The molecule has 3 rings (SSSR count). The Balaban J connectivity index is 1.82. The molecule has 4 nitrogen and oxygen atoms in total. The van der Waals surface area contributed by atoms with Crippen molar-refractivity contribution in [1.29, 1.82) is 0 Å². The summed E-state index contributed by atoms with van der Waals surface area (Å²) in [6, 6.07) is 9.27. The van der Waals surface area contributed by atoms with Gasteiger partial charge in [-0.1, -0.05) is 30.7 Å². The number of aliphatic hydroxyl groups excluding tert-OH is 1. The summed E-state index contributed by atoms with van der Waals surface area (Å²) in [6.07, 6.45) is 3.66. The van der Waals surface area contributed by atoms with Crippen LogP contribution >= 0.6 is 11.6 Å². The summed E-state index contributed by atoms with van der Waals surface area (Å²) in [4.78, 5) is 18.5. The van der Waals surface area contributed by atoms with E-state index < -0.39 is 6.10 Å². The number of likely N-dealkylation sites (tertiary alicyclic amines) is 1. The van der Waals surface area contributed by atoms with Crippen molar-refractivity contribution in [1.82, 2.24) is 9.88 Å². The maximum absolute atomic E-state index is 12.6. The SMILES string of the molecule is CC1CCN(C(=O)c2cncc(-c3ccc(Cl)cc3)c2)CC1O. The molecule has 1 fully saturated rings. The molecule has 0 bridgehead atoms. The lowest BCUT2D eigenvalue weighted by atomic mass is 9.95. The highest BCUT2D eigenvalue weighted by atomic mass is 35.5. The second-order valence-corrected chi connectivity index (χ2v) is 6.49. The van der Waals surface area contributed by atoms with Crippen LogP contribution in [-0.4, -0.2) is 40.1 Å². The van der Waals surface area contributed by atoms with E-state index in [1.54, 1.807) is 17.3 Å². The van der Waals surface area contributed by atoms with Crippen LogP contribution < -0.4 is 0 Å². The number of aromatic nitrogens is 1. The molecule has 1 aromatic heterocycles. The first-order valence-electron chi connectivity index (χ1n) is 7.73. The number of carbonyl (C=O) groups is 1. The number of halogens is 1. The molecule has 2 aromatic rings. The van der Waals surface area contributed by atoms with Crippen molar-refractivity contribution in [3.8, 4) is 11.1 Å². The summed E-state index contributed by atoms with van der Waals surface area (Å²) >= 11 is 5.91. The molecule has 1 saturated heterocycles. The molecule has 23 heavy (non-hydrogen) atoms. The molecule has 0 radical (unpaired) electrons. The van der Waals surface area contributed by atoms with E-state index in [2.05, 4.69) is 4.98 Å². The normalized spacial score (nSPS) is 21.3. The number of amides is 1. The first-order valence-corrected chi connectivity index (χ1v) is 8.10. The van der Waals surface area contributed by atoms with E-state index in [9.17, 15) is 9.90 Å². The van der Waals surface area contributed by atoms with Gasteiger partial charge in [0.1, 0.15) is 0 Å². The average Bonchev–Trinajstić information content (AvgIpc) is 2.57. The Morgan fingerprint density at radius 3 is 2.70 bits per heavy atom. The smallest absolute Gasteiger partial charge is 0.255 e. The van der Waals surface area contributed by atoms with Crippen LogP contribution in [0.25, 0.3) is 11.1 Å². The molecule has 120 valence electrons. The molecule has 2 atom stereocenters. The van der Waals surface area contributed by atoms with Crippen LogP contribution in [0.15, 0.2) is 42.7 Å². The zero-order valence-electron chi connectivity index (χ0n) is 12.9. The third-order valence-corrected chi connectivity index (χ3v) is 4.62. The predicted octanol–water partition coefficient (Wildman–Crippen LogP) is 3.24. The van der Waals surface area contributed by atoms with E-state index in [1.807, 2.05) is 37.3 Å². The van der Waals surface area contributed by atoms with Crippen LogP contribution in [0.2, 0.25) is 5.02 Å². The highest BCUT2D eigenvalue weighted by Crippen LogP contribution is 2.23. The van der Waals surface area contributed by atoms with Crippen molar-refractivity contribution in [2.45, 2.75) is 19.4 Å². The fourth-order valence-electron chi connectivity index (χ4n) is 2.77. The molecule has 2 heterocycles. The summed E-state index contributed by atoms with van der Waals surface area (Å²) in [7, 11) is 0. The van der Waals surface area contributed by atoms with Gasteiger partial charge in [-0.25, -0.2) is 0 Å². The van der Waals surface area contributed by atoms with Crippen molar-refractivity contribution in [3.63, 3.8) is 0 Å². The second-order valence-electron chi connectivity index (χ2n) is 6.05. The van der Waals surface area contributed by atoms with Crippen LogP contribution in [0.1, 0.15) is 23.7 Å². The zero-order chi connectivity index (χ0) is 16.4. The van der Waals surface area contributed by atoms with Crippen molar-refractivity contribution in [2.75, 3.05) is 13.1 Å². The predicted molar refractivity (Wildman–Crippen MR) is 90.4 cm³/mol. The summed E-state index contributed by atoms with van der Waals surface area (Å²) in [5.74, 6) is 0.150. The molecule has 0 spiro atoms. The number of hydrogen-bond donors (Lipinski definition) is 1. The van der Waals surface area contributed by atoms with Crippen LogP contribution in [0.4, 0.5) is 0 Å². The number of pyridine rings is 1. The molecule has 0 aliphatic carbocycles. The number of benzene rings is 1. The van der Waals surface area contributed by atoms with Gasteiger partial charge >= 0.3 is 0 Å². The first-order chi connectivity index (χ1) is 11.0. The minimum Gasteiger partial charge on any atom is -0.391 e. The van der Waals surface area contributed by atoms with E-state index in [0.29, 0.717) is 23.7 Å². The number of carbonyl (C=O) groups excluding carboxylic acids is 1. The van der Waals surface area contributed by atoms with E-state index in [-0.39, 0.29) is 11.8 Å². The number of β-amino-alcohol motifs (C(OH)–C–C–N with tert-alkyl or cyclic N) is 1. The number of piperidine rings is 1. The number of nitrogens with zero attached hydrogens (tertiary/aromatic N) is 2. The van der Waals surface area contributed by atoms with Crippen LogP contribution in [0, 0.1) is 5.92 Å². The van der Waals surface area contributed by atoms with Crippen LogP contribution in [0.3, 0.4) is 0 Å². The van der Waals surface area contributed by atoms with Gasteiger partial charge in [0.15, 0.2) is 0 Å². The van der Waals surface area contributed by atoms with Crippen molar-refractivity contribution in [2.24, 2.45) is 5.92 Å².